The van der Waals surface area contributed by atoms with Crippen LogP contribution in [0.2, 0.25) is 0 Å². The highest BCUT2D eigenvalue weighted by Gasteiger charge is 2.25. The molecule has 0 amide bonds. The van der Waals surface area contributed by atoms with E-state index in [9.17, 15) is 9.59 Å². The van der Waals surface area contributed by atoms with E-state index in [1.807, 2.05) is 0 Å². The minimum absolute atomic E-state index is 0.162. The van der Waals surface area contributed by atoms with Gasteiger partial charge in [-0.05, 0) is 12.1 Å². The summed E-state index contributed by atoms with van der Waals surface area (Å²) in [5.74, 6) is -3.30. The van der Waals surface area contributed by atoms with Gasteiger partial charge >= 0.3 is 11.9 Å². The first-order chi connectivity index (χ1) is 6.11. The Morgan fingerprint density at radius 1 is 1.46 bits per heavy atom. The van der Waals surface area contributed by atoms with Crippen LogP contribution in [0.15, 0.2) is 22.8 Å². The van der Waals surface area contributed by atoms with E-state index < -0.39 is 24.3 Å². The lowest BCUT2D eigenvalue weighted by Gasteiger charge is -2.05. The quantitative estimate of drug-likeness (QED) is 0.726. The van der Waals surface area contributed by atoms with Gasteiger partial charge in [0.05, 0.1) is 12.7 Å². The lowest BCUT2D eigenvalue weighted by molar-refractivity contribution is -0.145. The summed E-state index contributed by atoms with van der Waals surface area (Å²) in [5, 5.41) is 17.1. The number of carboxylic acid groups (broad SMARTS) is 2. The first kappa shape index (κ1) is 9.31. The standard InChI is InChI=1S/C8H8O5/c9-7(10)4-5(8(11)12)6-2-1-3-13-6/h1-3,5H,4H2,(H,9,10)(H,11,12)/t5-/m1/s1. The lowest BCUT2D eigenvalue weighted by atomic mass is 10.0. The molecule has 1 heterocycles. The number of carbonyl (C=O) groups is 2. The van der Waals surface area contributed by atoms with Crippen LogP contribution in [0.5, 0.6) is 0 Å². The number of hydrogen-bond acceptors (Lipinski definition) is 3. The first-order valence-electron chi connectivity index (χ1n) is 3.59. The van der Waals surface area contributed by atoms with Crippen molar-refractivity contribution < 1.29 is 24.2 Å². The summed E-state index contributed by atoms with van der Waals surface area (Å²) < 4.78 is 4.81. The van der Waals surface area contributed by atoms with Gasteiger partial charge in [0.15, 0.2) is 0 Å². The van der Waals surface area contributed by atoms with Crippen molar-refractivity contribution in [3.05, 3.63) is 24.2 Å². The lowest BCUT2D eigenvalue weighted by Crippen LogP contribution is -2.15. The third kappa shape index (κ3) is 2.33. The summed E-state index contributed by atoms with van der Waals surface area (Å²) in [4.78, 5) is 20.9. The third-order valence-corrected chi connectivity index (χ3v) is 1.56. The first-order valence-corrected chi connectivity index (χ1v) is 3.59. The predicted molar refractivity (Wildman–Crippen MR) is 41.3 cm³/mol. The minimum Gasteiger partial charge on any atom is -0.481 e. The zero-order valence-electron chi connectivity index (χ0n) is 6.64. The van der Waals surface area contributed by atoms with E-state index in [1.54, 1.807) is 0 Å². The molecule has 0 unspecified atom stereocenters. The van der Waals surface area contributed by atoms with Crippen molar-refractivity contribution in [2.75, 3.05) is 0 Å². The van der Waals surface area contributed by atoms with Crippen LogP contribution in [0, 0.1) is 0 Å². The van der Waals surface area contributed by atoms with Crippen LogP contribution in [0.4, 0.5) is 0 Å². The monoisotopic (exact) mass is 184 g/mol. The summed E-state index contributed by atoms with van der Waals surface area (Å²) >= 11 is 0. The second-order valence-electron chi connectivity index (χ2n) is 2.50. The number of hydrogen-bond donors (Lipinski definition) is 2. The van der Waals surface area contributed by atoms with Crippen molar-refractivity contribution in [3.63, 3.8) is 0 Å². The van der Waals surface area contributed by atoms with E-state index in [-0.39, 0.29) is 5.76 Å². The van der Waals surface area contributed by atoms with Crippen molar-refractivity contribution in [1.82, 2.24) is 0 Å². The van der Waals surface area contributed by atoms with Gasteiger partial charge in [-0.25, -0.2) is 0 Å². The Balaban J connectivity index is 2.81. The molecule has 1 aromatic rings. The highest BCUT2D eigenvalue weighted by atomic mass is 16.4. The van der Waals surface area contributed by atoms with E-state index in [1.165, 1.54) is 18.4 Å². The van der Waals surface area contributed by atoms with Gasteiger partial charge in [-0.1, -0.05) is 0 Å². The number of carboxylic acids is 2. The highest BCUT2D eigenvalue weighted by Crippen LogP contribution is 2.20. The largest absolute Gasteiger partial charge is 0.481 e. The number of rotatable bonds is 4. The minimum atomic E-state index is -1.20. The molecule has 1 atom stereocenters. The van der Waals surface area contributed by atoms with Crippen molar-refractivity contribution in [3.8, 4) is 0 Å². The average Bonchev–Trinajstić information content (AvgIpc) is 2.50. The molecule has 5 nitrogen and oxygen atoms in total. The Bertz CT molecular complexity index is 300. The van der Waals surface area contributed by atoms with Crippen molar-refractivity contribution >= 4 is 11.9 Å². The molecule has 70 valence electrons. The summed E-state index contributed by atoms with van der Waals surface area (Å²) in [6.45, 7) is 0. The molecule has 0 bridgehead atoms. The molecule has 0 spiro atoms. The van der Waals surface area contributed by atoms with Gasteiger partial charge in [-0.3, -0.25) is 9.59 Å². The van der Waals surface area contributed by atoms with Crippen LogP contribution in [-0.2, 0) is 9.59 Å². The smallest absolute Gasteiger partial charge is 0.314 e. The molecular formula is C8H8O5. The van der Waals surface area contributed by atoms with Crippen molar-refractivity contribution in [2.24, 2.45) is 0 Å². The molecule has 1 aromatic heterocycles. The molecule has 2 N–H and O–H groups in total. The zero-order chi connectivity index (χ0) is 9.84. The summed E-state index contributed by atoms with van der Waals surface area (Å²) in [7, 11) is 0. The van der Waals surface area contributed by atoms with Gasteiger partial charge in [0, 0.05) is 0 Å². The van der Waals surface area contributed by atoms with E-state index in [2.05, 4.69) is 0 Å². The van der Waals surface area contributed by atoms with E-state index in [0.717, 1.165) is 0 Å². The van der Waals surface area contributed by atoms with E-state index in [0.29, 0.717) is 0 Å². The van der Waals surface area contributed by atoms with Gasteiger partial charge in [0.25, 0.3) is 0 Å². The Morgan fingerprint density at radius 3 is 2.54 bits per heavy atom. The van der Waals surface area contributed by atoms with Gasteiger partial charge < -0.3 is 14.6 Å². The molecule has 0 aliphatic rings. The molecule has 13 heavy (non-hydrogen) atoms. The fraction of sp³-hybridized carbons (Fsp3) is 0.250. The molecule has 0 saturated carbocycles. The van der Waals surface area contributed by atoms with Crippen molar-refractivity contribution in [1.29, 1.82) is 0 Å². The topological polar surface area (TPSA) is 87.7 Å². The Labute approximate surface area is 73.6 Å². The van der Waals surface area contributed by atoms with Crippen LogP contribution in [0.3, 0.4) is 0 Å². The second kappa shape index (κ2) is 3.75. The predicted octanol–water partition coefficient (Wildman–Crippen LogP) is 0.923. The Morgan fingerprint density at radius 2 is 2.15 bits per heavy atom. The van der Waals surface area contributed by atoms with Crippen LogP contribution in [0.25, 0.3) is 0 Å². The fourth-order valence-corrected chi connectivity index (χ4v) is 0.974. The van der Waals surface area contributed by atoms with Gasteiger partial charge in [0.1, 0.15) is 11.7 Å². The molecule has 0 aliphatic heterocycles. The van der Waals surface area contributed by atoms with Gasteiger partial charge in [0.2, 0.25) is 0 Å². The maximum Gasteiger partial charge on any atom is 0.314 e. The van der Waals surface area contributed by atoms with Crippen LogP contribution in [-0.4, -0.2) is 22.2 Å². The van der Waals surface area contributed by atoms with Crippen LogP contribution in [0.1, 0.15) is 18.1 Å². The van der Waals surface area contributed by atoms with E-state index >= 15 is 0 Å². The second-order valence-corrected chi connectivity index (χ2v) is 2.50. The summed E-state index contributed by atoms with van der Waals surface area (Å²) in [5.41, 5.74) is 0. The molecule has 5 heteroatoms. The molecule has 0 radical (unpaired) electrons. The molecule has 0 fully saturated rings. The SMILES string of the molecule is O=C(O)C[C@@H](C(=O)O)c1ccco1. The molecule has 0 aliphatic carbocycles. The normalized spacial score (nSPS) is 12.3. The van der Waals surface area contributed by atoms with Crippen molar-refractivity contribution in [2.45, 2.75) is 12.3 Å². The number of furan rings is 1. The molecular weight excluding hydrogens is 176 g/mol. The average molecular weight is 184 g/mol. The van der Waals surface area contributed by atoms with Gasteiger partial charge in [-0.2, -0.15) is 0 Å². The Hall–Kier alpha value is -1.78. The van der Waals surface area contributed by atoms with E-state index in [4.69, 9.17) is 14.6 Å². The fourth-order valence-electron chi connectivity index (χ4n) is 0.974. The summed E-state index contributed by atoms with van der Waals surface area (Å²) in [6, 6.07) is 2.97. The van der Waals surface area contributed by atoms with Crippen LogP contribution < -0.4 is 0 Å². The molecule has 1 rings (SSSR count). The summed E-state index contributed by atoms with van der Waals surface area (Å²) in [6.07, 6.45) is 0.843. The molecule has 0 aromatic carbocycles. The maximum absolute atomic E-state index is 10.6. The molecule has 0 saturated heterocycles. The van der Waals surface area contributed by atoms with Crippen LogP contribution >= 0.6 is 0 Å². The highest BCUT2D eigenvalue weighted by molar-refractivity contribution is 5.81. The van der Waals surface area contributed by atoms with Gasteiger partial charge in [-0.15, -0.1) is 0 Å². The zero-order valence-corrected chi connectivity index (χ0v) is 6.64. The third-order valence-electron chi connectivity index (χ3n) is 1.56. The number of aliphatic carboxylic acids is 2. The maximum atomic E-state index is 10.6. The Kier molecular flexibility index (Phi) is 2.69.